The quantitative estimate of drug-likeness (QED) is 0.339. The lowest BCUT2D eigenvalue weighted by atomic mass is 11.8. The molecule has 6 heteroatoms. The SMILES string of the molecule is C[Si](C)C.O=S(=O)(O)F. The summed E-state index contributed by atoms with van der Waals surface area (Å²) in [6.45, 7) is 6.81. The van der Waals surface area contributed by atoms with Crippen LogP contribution in [0, 0.1) is 0 Å². The number of hydrogen-bond acceptors (Lipinski definition) is 2. The van der Waals surface area contributed by atoms with Crippen molar-refractivity contribution in [2.45, 2.75) is 19.6 Å². The van der Waals surface area contributed by atoms with Gasteiger partial charge in [-0.1, -0.05) is 23.5 Å². The molecule has 0 fully saturated rings. The first-order valence-corrected chi connectivity index (χ1v) is 6.51. The summed E-state index contributed by atoms with van der Waals surface area (Å²) >= 11 is 0. The molecule has 0 aliphatic carbocycles. The largest absolute Gasteiger partial charge is 0.435 e. The van der Waals surface area contributed by atoms with E-state index < -0.39 is 10.5 Å². The average molecular weight is 173 g/mol. The molecule has 1 N–H and O–H groups in total. The maximum absolute atomic E-state index is 10.2. The summed E-state index contributed by atoms with van der Waals surface area (Å²) in [7, 11) is -5.05. The highest BCUT2D eigenvalue weighted by atomic mass is 32.3. The van der Waals surface area contributed by atoms with Crippen molar-refractivity contribution >= 4 is 19.3 Å². The molecule has 0 aliphatic heterocycles. The van der Waals surface area contributed by atoms with E-state index in [0.29, 0.717) is 0 Å². The van der Waals surface area contributed by atoms with Gasteiger partial charge in [0.25, 0.3) is 0 Å². The highest BCUT2D eigenvalue weighted by Crippen LogP contribution is 1.74. The van der Waals surface area contributed by atoms with Crippen LogP contribution >= 0.6 is 0 Å². The Labute approximate surface area is 56.5 Å². The lowest BCUT2D eigenvalue weighted by molar-refractivity contribution is 0.435. The van der Waals surface area contributed by atoms with Crippen molar-refractivity contribution in [2.75, 3.05) is 0 Å². The van der Waals surface area contributed by atoms with Gasteiger partial charge < -0.3 is 0 Å². The fourth-order valence-electron chi connectivity index (χ4n) is 0. The Morgan fingerprint density at radius 3 is 1.33 bits per heavy atom. The van der Waals surface area contributed by atoms with Crippen LogP contribution in [0.25, 0.3) is 0 Å². The maximum atomic E-state index is 10.2. The molecular formula is C3H10FO3SSi. The summed E-state index contributed by atoms with van der Waals surface area (Å²) < 4.78 is 34.1. The Kier molecular flexibility index (Phi) is 6.42. The fraction of sp³-hybridized carbons (Fsp3) is 1.00. The molecular weight excluding hydrogens is 163 g/mol. The summed E-state index contributed by atoms with van der Waals surface area (Å²) in [6, 6.07) is 0. The fourth-order valence-corrected chi connectivity index (χ4v) is 0. The molecule has 3 nitrogen and oxygen atoms in total. The zero-order chi connectivity index (χ0) is 8.08. The van der Waals surface area contributed by atoms with Gasteiger partial charge in [-0.2, -0.15) is 8.42 Å². The Bertz CT molecular complexity index is 130. The normalized spacial score (nSPS) is 10.4. The predicted molar refractivity (Wildman–Crippen MR) is 36.0 cm³/mol. The monoisotopic (exact) mass is 173 g/mol. The minimum atomic E-state index is -5.17. The second-order valence-corrected chi connectivity index (χ2v) is 5.74. The van der Waals surface area contributed by atoms with E-state index in [1.807, 2.05) is 0 Å². The highest BCUT2D eigenvalue weighted by molar-refractivity contribution is 7.80. The predicted octanol–water partition coefficient (Wildman–Crippen LogP) is 1.13. The molecule has 0 aliphatic rings. The minimum Gasteiger partial charge on any atom is -0.260 e. The summed E-state index contributed by atoms with van der Waals surface area (Å²) in [6.07, 6.45) is 0. The van der Waals surface area contributed by atoms with Crippen LogP contribution in [0.15, 0.2) is 0 Å². The van der Waals surface area contributed by atoms with Crippen molar-refractivity contribution in [3.63, 3.8) is 0 Å². The Morgan fingerprint density at radius 1 is 1.33 bits per heavy atom. The molecule has 9 heavy (non-hydrogen) atoms. The zero-order valence-electron chi connectivity index (χ0n) is 5.55. The molecule has 0 rings (SSSR count). The smallest absolute Gasteiger partial charge is 0.260 e. The molecule has 0 aromatic rings. The van der Waals surface area contributed by atoms with Gasteiger partial charge in [0.2, 0.25) is 0 Å². The van der Waals surface area contributed by atoms with E-state index in [4.69, 9.17) is 13.0 Å². The third-order valence-corrected chi connectivity index (χ3v) is 0. The highest BCUT2D eigenvalue weighted by Gasteiger charge is 1.89. The van der Waals surface area contributed by atoms with Gasteiger partial charge in [-0.25, -0.2) is 0 Å². The standard InChI is InChI=1S/C3H9Si.FHO3S/c1-4(2)3;1-5(2,3)4/h1-3H3;(H,2,3,4). The number of halogens is 1. The van der Waals surface area contributed by atoms with Gasteiger partial charge in [0, 0.05) is 8.80 Å². The van der Waals surface area contributed by atoms with Gasteiger partial charge in [-0.05, 0) is 0 Å². The molecule has 0 heterocycles. The van der Waals surface area contributed by atoms with E-state index in [9.17, 15) is 3.89 Å². The van der Waals surface area contributed by atoms with E-state index in [0.717, 1.165) is 0 Å². The lowest BCUT2D eigenvalue weighted by Crippen LogP contribution is -1.84. The molecule has 0 atom stereocenters. The van der Waals surface area contributed by atoms with E-state index in [1.54, 1.807) is 0 Å². The van der Waals surface area contributed by atoms with Crippen molar-refractivity contribution < 1.29 is 16.9 Å². The van der Waals surface area contributed by atoms with Crippen LogP contribution in [0.4, 0.5) is 3.89 Å². The molecule has 0 aromatic heterocycles. The first-order valence-electron chi connectivity index (χ1n) is 2.17. The zero-order valence-corrected chi connectivity index (χ0v) is 7.37. The number of hydrogen-bond donors (Lipinski definition) is 1. The Balaban J connectivity index is 0. The molecule has 57 valence electrons. The Morgan fingerprint density at radius 2 is 1.33 bits per heavy atom. The van der Waals surface area contributed by atoms with Gasteiger partial charge in [0.1, 0.15) is 0 Å². The summed E-state index contributed by atoms with van der Waals surface area (Å²) in [4.78, 5) is 0. The third-order valence-electron chi connectivity index (χ3n) is 0. The van der Waals surface area contributed by atoms with Crippen LogP contribution in [0.3, 0.4) is 0 Å². The van der Waals surface area contributed by atoms with Crippen molar-refractivity contribution in [2.24, 2.45) is 0 Å². The molecule has 0 saturated carbocycles. The lowest BCUT2D eigenvalue weighted by Gasteiger charge is -1.75. The first-order chi connectivity index (χ1) is 3.73. The molecule has 1 radical (unpaired) electrons. The maximum Gasteiger partial charge on any atom is 0.435 e. The average Bonchev–Trinajstić information content (AvgIpc) is 1.19. The third kappa shape index (κ3) is 91300. The second kappa shape index (κ2) is 4.89. The minimum absolute atomic E-state index is 0.120. The van der Waals surface area contributed by atoms with Crippen LogP contribution < -0.4 is 0 Å². The van der Waals surface area contributed by atoms with Crippen molar-refractivity contribution in [3.8, 4) is 0 Å². The van der Waals surface area contributed by atoms with Crippen molar-refractivity contribution in [3.05, 3.63) is 0 Å². The van der Waals surface area contributed by atoms with Gasteiger partial charge in [-0.3, -0.25) is 4.55 Å². The van der Waals surface area contributed by atoms with Crippen molar-refractivity contribution in [1.29, 1.82) is 0 Å². The van der Waals surface area contributed by atoms with Crippen LogP contribution in [0.5, 0.6) is 0 Å². The van der Waals surface area contributed by atoms with E-state index in [-0.39, 0.29) is 8.80 Å². The van der Waals surface area contributed by atoms with Crippen LogP contribution in [0.2, 0.25) is 19.6 Å². The summed E-state index contributed by atoms with van der Waals surface area (Å²) in [5.74, 6) is 0. The summed E-state index contributed by atoms with van der Waals surface area (Å²) in [5, 5.41) is 0. The van der Waals surface area contributed by atoms with Gasteiger partial charge in [0.15, 0.2) is 0 Å². The van der Waals surface area contributed by atoms with Crippen molar-refractivity contribution in [1.82, 2.24) is 0 Å². The van der Waals surface area contributed by atoms with E-state index in [1.165, 1.54) is 0 Å². The number of rotatable bonds is 0. The molecule has 0 aromatic carbocycles. The van der Waals surface area contributed by atoms with Crippen LogP contribution in [-0.2, 0) is 10.5 Å². The van der Waals surface area contributed by atoms with Gasteiger partial charge in [-0.15, -0.1) is 0 Å². The molecule has 0 unspecified atom stereocenters. The molecule has 0 amide bonds. The molecule has 0 saturated heterocycles. The van der Waals surface area contributed by atoms with Crippen LogP contribution in [0.1, 0.15) is 0 Å². The van der Waals surface area contributed by atoms with E-state index in [2.05, 4.69) is 19.6 Å². The van der Waals surface area contributed by atoms with Gasteiger partial charge in [0.05, 0.1) is 0 Å². The topological polar surface area (TPSA) is 54.4 Å². The first kappa shape index (κ1) is 11.8. The van der Waals surface area contributed by atoms with E-state index >= 15 is 0 Å². The second-order valence-electron chi connectivity index (χ2n) is 1.91. The van der Waals surface area contributed by atoms with Crippen LogP contribution in [-0.4, -0.2) is 21.8 Å². The molecule has 0 bridgehead atoms. The molecule has 0 spiro atoms. The van der Waals surface area contributed by atoms with Gasteiger partial charge >= 0.3 is 10.5 Å². The summed E-state index contributed by atoms with van der Waals surface area (Å²) in [5.41, 5.74) is 0. The Hall–Kier alpha value is 0.0569.